The number of carboxylic acids is 2. The molecule has 0 aliphatic heterocycles. The van der Waals surface area contributed by atoms with Crippen LogP contribution in [0.2, 0.25) is 0 Å². The number of allylic oxidation sites excluding steroid dienone is 2. The summed E-state index contributed by atoms with van der Waals surface area (Å²) in [5.41, 5.74) is 2.73. The lowest BCUT2D eigenvalue weighted by Crippen LogP contribution is -2.47. The number of nitrogens with zero attached hydrogens (tertiary/aromatic N) is 2. The highest BCUT2D eigenvalue weighted by Crippen LogP contribution is 2.53. The average molecular weight is 467 g/mol. The van der Waals surface area contributed by atoms with Crippen LogP contribution in [0.1, 0.15) is 64.3 Å². The molecule has 0 aromatic carbocycles. The molecule has 0 amide bonds. The van der Waals surface area contributed by atoms with Crippen LogP contribution in [-0.2, 0) is 16.0 Å². The molecule has 0 radical (unpaired) electrons. The number of carbonyl (C=O) groups is 2. The average Bonchev–Trinajstić information content (AvgIpc) is 3.30. The van der Waals surface area contributed by atoms with Gasteiger partial charge in [0.15, 0.2) is 0 Å². The molecule has 2 aliphatic carbocycles. The van der Waals surface area contributed by atoms with E-state index in [9.17, 15) is 19.8 Å². The van der Waals surface area contributed by atoms with Crippen molar-refractivity contribution < 1.29 is 19.8 Å². The molecule has 7 heteroatoms. The summed E-state index contributed by atoms with van der Waals surface area (Å²) in [7, 11) is 0. The van der Waals surface area contributed by atoms with Crippen molar-refractivity contribution in [2.75, 3.05) is 0 Å². The zero-order chi connectivity index (χ0) is 23.8. The van der Waals surface area contributed by atoms with E-state index < -0.39 is 23.3 Å². The van der Waals surface area contributed by atoms with Gasteiger partial charge in [0.05, 0.1) is 11.1 Å². The highest BCUT2D eigenvalue weighted by Gasteiger charge is 2.53. The maximum absolute atomic E-state index is 12.9. The van der Waals surface area contributed by atoms with Gasteiger partial charge in [0.2, 0.25) is 0 Å². The van der Waals surface area contributed by atoms with E-state index in [4.69, 9.17) is 4.98 Å². The van der Waals surface area contributed by atoms with Gasteiger partial charge in [0.25, 0.3) is 0 Å². The minimum atomic E-state index is -1.25. The van der Waals surface area contributed by atoms with Crippen molar-refractivity contribution in [1.29, 1.82) is 0 Å². The van der Waals surface area contributed by atoms with E-state index in [0.29, 0.717) is 16.8 Å². The van der Waals surface area contributed by atoms with Crippen LogP contribution in [0.4, 0.5) is 0 Å². The predicted octanol–water partition coefficient (Wildman–Crippen LogP) is 5.85. The Morgan fingerprint density at radius 3 is 2.58 bits per heavy atom. The minimum absolute atomic E-state index is 0.0957. The highest BCUT2D eigenvalue weighted by molar-refractivity contribution is 7.13. The summed E-state index contributed by atoms with van der Waals surface area (Å²) in [6.07, 6.45) is 9.06. The molecule has 2 atom stereocenters. The van der Waals surface area contributed by atoms with E-state index in [1.807, 2.05) is 30.5 Å². The first-order valence-electron chi connectivity index (χ1n) is 11.6. The number of aryl methyl sites for hydroxylation is 1. The number of aromatic nitrogens is 2. The summed E-state index contributed by atoms with van der Waals surface area (Å²) in [5, 5.41) is 23.3. The lowest BCUT2D eigenvalue weighted by Gasteiger charge is -2.44. The van der Waals surface area contributed by atoms with Gasteiger partial charge in [-0.2, -0.15) is 0 Å². The lowest BCUT2D eigenvalue weighted by atomic mass is 9.57. The molecule has 1 fully saturated rings. The normalized spacial score (nSPS) is 24.0. The summed E-state index contributed by atoms with van der Waals surface area (Å²) in [4.78, 5) is 34.4. The van der Waals surface area contributed by atoms with E-state index in [-0.39, 0.29) is 11.5 Å². The first-order valence-corrected chi connectivity index (χ1v) is 12.5. The summed E-state index contributed by atoms with van der Waals surface area (Å²) in [6, 6.07) is 3.92. The maximum Gasteiger partial charge on any atom is 0.332 e. The number of pyridine rings is 1. The van der Waals surface area contributed by atoms with Crippen LogP contribution in [0.5, 0.6) is 0 Å². The Labute approximate surface area is 198 Å². The third kappa shape index (κ3) is 4.03. The molecule has 6 nitrogen and oxygen atoms in total. The molecular formula is C26H30N2O4S. The molecule has 2 unspecified atom stereocenters. The van der Waals surface area contributed by atoms with Gasteiger partial charge >= 0.3 is 11.9 Å². The van der Waals surface area contributed by atoms with Crippen LogP contribution in [0.3, 0.4) is 0 Å². The third-order valence-electron chi connectivity index (χ3n) is 7.43. The van der Waals surface area contributed by atoms with E-state index in [1.165, 1.54) is 11.3 Å². The molecule has 0 spiro atoms. The number of aliphatic carboxylic acids is 2. The van der Waals surface area contributed by atoms with Crippen LogP contribution in [-0.4, -0.2) is 32.1 Å². The Balaban J connectivity index is 1.86. The second-order valence-electron chi connectivity index (χ2n) is 9.12. The summed E-state index contributed by atoms with van der Waals surface area (Å²) >= 11 is 1.47. The Kier molecular flexibility index (Phi) is 6.52. The fraction of sp³-hybridized carbons (Fsp3) is 0.462. The molecule has 2 aromatic rings. The molecule has 174 valence electrons. The topological polar surface area (TPSA) is 100 Å². The predicted molar refractivity (Wildman–Crippen MR) is 129 cm³/mol. The summed E-state index contributed by atoms with van der Waals surface area (Å²) in [6.45, 7) is 5.59. The van der Waals surface area contributed by atoms with Crippen molar-refractivity contribution in [3.63, 3.8) is 0 Å². The Bertz CT molecular complexity index is 1140. The number of thiazole rings is 1. The number of carboxylic acid groups (broad SMARTS) is 2. The van der Waals surface area contributed by atoms with Crippen LogP contribution < -0.4 is 0 Å². The zero-order valence-electron chi connectivity index (χ0n) is 19.3. The zero-order valence-corrected chi connectivity index (χ0v) is 20.1. The van der Waals surface area contributed by atoms with E-state index in [0.717, 1.165) is 54.8 Å². The molecule has 2 N–H and O–H groups in total. The van der Waals surface area contributed by atoms with E-state index >= 15 is 0 Å². The van der Waals surface area contributed by atoms with Crippen molar-refractivity contribution in [3.8, 4) is 10.6 Å². The largest absolute Gasteiger partial charge is 0.481 e. The van der Waals surface area contributed by atoms with Gasteiger partial charge in [-0.05, 0) is 49.8 Å². The van der Waals surface area contributed by atoms with Gasteiger partial charge in [0, 0.05) is 39.9 Å². The van der Waals surface area contributed by atoms with Crippen molar-refractivity contribution in [3.05, 3.63) is 52.3 Å². The Hall–Kier alpha value is -2.80. The molecular weight excluding hydrogens is 436 g/mol. The molecule has 2 heterocycles. The van der Waals surface area contributed by atoms with Crippen molar-refractivity contribution in [2.24, 2.45) is 17.3 Å². The monoisotopic (exact) mass is 466 g/mol. The van der Waals surface area contributed by atoms with E-state index in [2.05, 4.69) is 4.98 Å². The number of rotatable bonds is 6. The fourth-order valence-electron chi connectivity index (χ4n) is 5.60. The molecule has 0 bridgehead atoms. The Morgan fingerprint density at radius 2 is 1.94 bits per heavy atom. The van der Waals surface area contributed by atoms with Crippen LogP contribution in [0.15, 0.2) is 40.9 Å². The summed E-state index contributed by atoms with van der Waals surface area (Å²) in [5.74, 6) is -2.71. The van der Waals surface area contributed by atoms with Gasteiger partial charge in [-0.15, -0.1) is 11.3 Å². The highest BCUT2D eigenvalue weighted by atomic mass is 32.1. The quantitative estimate of drug-likeness (QED) is 0.554. The first-order chi connectivity index (χ1) is 15.8. The van der Waals surface area contributed by atoms with Gasteiger partial charge in [-0.1, -0.05) is 39.2 Å². The van der Waals surface area contributed by atoms with Gasteiger partial charge < -0.3 is 10.2 Å². The van der Waals surface area contributed by atoms with Crippen LogP contribution in [0, 0.1) is 17.3 Å². The SMILES string of the molecule is CCc1cc(-c2nc(C3=CC(C(=O)O)(C4CCCCC4)C(C)C(C(=O)O)=C3C)cs2)ccn1. The van der Waals surface area contributed by atoms with E-state index in [1.54, 1.807) is 20.0 Å². The smallest absolute Gasteiger partial charge is 0.332 e. The molecule has 2 aromatic heterocycles. The van der Waals surface area contributed by atoms with Gasteiger partial charge in [-0.25, -0.2) is 9.78 Å². The minimum Gasteiger partial charge on any atom is -0.481 e. The molecule has 2 aliphatic rings. The second-order valence-corrected chi connectivity index (χ2v) is 9.98. The van der Waals surface area contributed by atoms with Crippen molar-refractivity contribution in [1.82, 2.24) is 9.97 Å². The molecule has 1 saturated carbocycles. The Morgan fingerprint density at radius 1 is 1.21 bits per heavy atom. The maximum atomic E-state index is 12.9. The van der Waals surface area contributed by atoms with Crippen molar-refractivity contribution in [2.45, 2.75) is 59.3 Å². The first kappa shape index (κ1) is 23.4. The molecule has 4 rings (SSSR count). The fourth-order valence-corrected chi connectivity index (χ4v) is 6.42. The number of hydrogen-bond donors (Lipinski definition) is 2. The van der Waals surface area contributed by atoms with Crippen LogP contribution in [0.25, 0.3) is 16.1 Å². The van der Waals surface area contributed by atoms with Gasteiger partial charge in [-0.3, -0.25) is 9.78 Å². The second kappa shape index (κ2) is 9.21. The standard InChI is InChI=1S/C26H30N2O4S/c1-4-19-12-17(10-11-27-19)23-28-21(14-33-23)20-13-26(25(31)32,18-8-6-5-7-9-18)16(3)22(15(20)2)24(29)30/h10-14,16,18H,4-9H2,1-3H3,(H,29,30)(H,31,32). The summed E-state index contributed by atoms with van der Waals surface area (Å²) < 4.78 is 0. The molecule has 33 heavy (non-hydrogen) atoms. The number of hydrogen-bond acceptors (Lipinski definition) is 5. The van der Waals surface area contributed by atoms with Crippen molar-refractivity contribution >= 4 is 28.8 Å². The van der Waals surface area contributed by atoms with Crippen LogP contribution >= 0.6 is 11.3 Å². The van der Waals surface area contributed by atoms with Gasteiger partial charge in [0.1, 0.15) is 5.01 Å². The third-order valence-corrected chi connectivity index (χ3v) is 8.32. The molecule has 0 saturated heterocycles. The lowest BCUT2D eigenvalue weighted by molar-refractivity contribution is -0.153.